The van der Waals surface area contributed by atoms with E-state index in [4.69, 9.17) is 43.4 Å². The van der Waals surface area contributed by atoms with Crippen molar-refractivity contribution in [2.45, 2.75) is 13.0 Å². The average Bonchev–Trinajstić information content (AvgIpc) is 3.60. The average molecular weight is 518 g/mol. The number of rotatable bonds is 6. The molecule has 1 atom stereocenters. The predicted molar refractivity (Wildman–Crippen MR) is 165 cm³/mol. The second-order valence-corrected chi connectivity index (χ2v) is 9.65. The Morgan fingerprint density at radius 1 is 1.07 bits per heavy atom. The molecule has 0 saturated carbocycles. The first-order valence-corrected chi connectivity index (χ1v) is 12.6. The van der Waals surface area contributed by atoms with Gasteiger partial charge in [-0.3, -0.25) is 9.69 Å². The van der Waals surface area contributed by atoms with E-state index in [2.05, 4.69) is 9.98 Å². The third kappa shape index (κ3) is 6.31. The minimum Gasteiger partial charge on any atom is -0.495 e. The summed E-state index contributed by atoms with van der Waals surface area (Å²) in [6.45, 7) is 2.53. The number of aryl methyl sites for hydroxylation is 1. The zero-order chi connectivity index (χ0) is 29.1. The van der Waals surface area contributed by atoms with Crippen molar-refractivity contribution in [1.29, 1.82) is 0 Å². The maximum Gasteiger partial charge on any atom is 0.279 e. The molecule has 1 fully saturated rings. The Kier molecular flexibility index (Phi) is 9.16. The standard InChI is InChI=1S/C24H22FN5O2.B8/c1-15-12-29(14-26-15)20-9-4-16(11-22(20)32-3)10-19-23(31)30-21(13-28(2)24(30)27-19)17-5-7-18(25)8-6-17;1-6(2)8(5)7(3)4/h4-12,14,21H,13H2,1-3H3;/b19-10-;. The Labute approximate surface area is 242 Å². The van der Waals surface area contributed by atoms with Crippen LogP contribution in [0.5, 0.6) is 5.75 Å². The van der Waals surface area contributed by atoms with Crippen LogP contribution in [0.4, 0.5) is 4.39 Å². The van der Waals surface area contributed by atoms with Crippen LogP contribution < -0.4 is 4.74 Å². The number of imidazole rings is 1. The van der Waals surface area contributed by atoms with Gasteiger partial charge in [0.15, 0.2) is 0 Å². The highest BCUT2D eigenvalue weighted by Gasteiger charge is 2.44. The Morgan fingerprint density at radius 3 is 2.30 bits per heavy atom. The fourth-order valence-corrected chi connectivity index (χ4v) is 4.39. The quantitative estimate of drug-likeness (QED) is 0.353. The number of aromatic nitrogens is 2. The highest BCUT2D eigenvalue weighted by Crippen LogP contribution is 2.35. The van der Waals surface area contributed by atoms with E-state index < -0.39 is 19.2 Å². The molecule has 0 spiro atoms. The highest BCUT2D eigenvalue weighted by atomic mass is 19.1. The van der Waals surface area contributed by atoms with Crippen molar-refractivity contribution in [3.63, 3.8) is 0 Å². The number of methoxy groups -OCH3 is 1. The molecule has 0 aliphatic carbocycles. The van der Waals surface area contributed by atoms with Crippen molar-refractivity contribution in [3.8, 4) is 11.4 Å². The number of ether oxygens (including phenoxy) is 1. The number of hydrogen-bond donors (Lipinski definition) is 0. The molecule has 40 heavy (non-hydrogen) atoms. The van der Waals surface area contributed by atoms with Crippen LogP contribution in [-0.2, 0) is 4.79 Å². The van der Waals surface area contributed by atoms with Gasteiger partial charge in [0.1, 0.15) is 17.3 Å². The molecule has 10 radical (unpaired) electrons. The highest BCUT2D eigenvalue weighted by molar-refractivity contribution is 7.89. The van der Waals surface area contributed by atoms with Gasteiger partial charge in [-0.05, 0) is 48.4 Å². The summed E-state index contributed by atoms with van der Waals surface area (Å²) in [4.78, 5) is 25.7. The molecule has 1 aromatic heterocycles. The summed E-state index contributed by atoms with van der Waals surface area (Å²) >= 11 is 0. The van der Waals surface area contributed by atoms with Crippen molar-refractivity contribution >= 4 is 75.8 Å². The summed E-state index contributed by atoms with van der Waals surface area (Å²) in [5.41, 5.74) is 3.80. The van der Waals surface area contributed by atoms with Crippen molar-refractivity contribution in [2.24, 2.45) is 4.99 Å². The van der Waals surface area contributed by atoms with Crippen LogP contribution in [0, 0.1) is 12.7 Å². The number of nitrogens with zero attached hydrogens (tertiary/aromatic N) is 5. The van der Waals surface area contributed by atoms with Gasteiger partial charge in [0.25, 0.3) is 5.91 Å². The van der Waals surface area contributed by atoms with E-state index in [1.165, 1.54) is 12.1 Å². The van der Waals surface area contributed by atoms with Crippen LogP contribution >= 0.6 is 0 Å². The maximum atomic E-state index is 13.4. The zero-order valence-electron chi connectivity index (χ0n) is 22.6. The molecule has 2 aliphatic rings. The number of likely N-dealkylation sites (N-methyl/N-ethyl adjacent to an activating group) is 1. The van der Waals surface area contributed by atoms with E-state index in [-0.39, 0.29) is 17.8 Å². The van der Waals surface area contributed by atoms with Crippen LogP contribution in [-0.4, -0.2) is 110 Å². The minimum absolute atomic E-state index is 0.174. The third-order valence-electron chi connectivity index (χ3n) is 6.61. The van der Waals surface area contributed by atoms with Crippen LogP contribution in [0.1, 0.15) is 22.9 Å². The monoisotopic (exact) mass is 519 g/mol. The fraction of sp³-hybridized carbons (Fsp3) is 0.208. The number of aliphatic imine (C=N–C) groups is 1. The molecule has 0 bridgehead atoms. The molecule has 1 unspecified atom stereocenters. The number of halogens is 1. The number of carbonyl (C=O) groups is 1. The summed E-state index contributed by atoms with van der Waals surface area (Å²) in [6, 6.07) is 11.8. The summed E-state index contributed by atoms with van der Waals surface area (Å²) in [5.74, 6) is 0.794. The molecule has 1 amide bonds. The summed E-state index contributed by atoms with van der Waals surface area (Å²) in [5, 5.41) is 0. The van der Waals surface area contributed by atoms with Crippen molar-refractivity contribution in [3.05, 3.63) is 83.3 Å². The molecule has 1 saturated heterocycles. The van der Waals surface area contributed by atoms with Gasteiger partial charge in [-0.2, -0.15) is 0 Å². The fourth-order valence-electron chi connectivity index (χ4n) is 4.39. The van der Waals surface area contributed by atoms with E-state index in [0.29, 0.717) is 24.0 Å². The van der Waals surface area contributed by atoms with Crippen LogP contribution in [0.3, 0.4) is 0 Å². The lowest BCUT2D eigenvalue weighted by molar-refractivity contribution is -0.123. The molecule has 5 rings (SSSR count). The molecule has 16 heteroatoms. The van der Waals surface area contributed by atoms with Gasteiger partial charge in [-0.25, -0.2) is 14.4 Å². The molecule has 7 nitrogen and oxygen atoms in total. The molecule has 2 aromatic carbocycles. The maximum absolute atomic E-state index is 13.4. The van der Waals surface area contributed by atoms with Gasteiger partial charge in [-0.15, -0.1) is 0 Å². The van der Waals surface area contributed by atoms with Crippen molar-refractivity contribution < 1.29 is 13.9 Å². The first-order chi connectivity index (χ1) is 19.0. The van der Waals surface area contributed by atoms with E-state index >= 15 is 0 Å². The van der Waals surface area contributed by atoms with Gasteiger partial charge in [0.05, 0.1) is 30.9 Å². The third-order valence-corrected chi connectivity index (χ3v) is 6.61. The first kappa shape index (κ1) is 29.6. The zero-order valence-corrected chi connectivity index (χ0v) is 22.6. The normalized spacial score (nSPS) is 16.8. The number of amides is 1. The Hall–Kier alpha value is -3.42. The van der Waals surface area contributed by atoms with Crippen molar-refractivity contribution in [2.75, 3.05) is 20.7 Å². The first-order valence-electron chi connectivity index (χ1n) is 12.6. The van der Waals surface area contributed by atoms with Crippen LogP contribution in [0.15, 0.2) is 65.7 Å². The van der Waals surface area contributed by atoms with Gasteiger partial charge < -0.3 is 14.2 Å². The molecule has 186 valence electrons. The number of guanidine groups is 1. The van der Waals surface area contributed by atoms with Crippen molar-refractivity contribution in [1.82, 2.24) is 19.4 Å². The summed E-state index contributed by atoms with van der Waals surface area (Å²) in [7, 11) is 29.3. The molecular weight excluding hydrogens is 496 g/mol. The predicted octanol–water partition coefficient (Wildman–Crippen LogP) is 0.508. The Balaban J connectivity index is 0.000000406. The van der Waals surface area contributed by atoms with E-state index in [1.807, 2.05) is 47.8 Å². The number of benzene rings is 2. The summed E-state index contributed by atoms with van der Waals surface area (Å²) < 4.78 is 20.8. The number of fused-ring (bicyclic) bond motifs is 1. The van der Waals surface area contributed by atoms with E-state index in [1.54, 1.807) is 36.5 Å². The lowest BCUT2D eigenvalue weighted by atomic mass is 8.68. The van der Waals surface area contributed by atoms with Gasteiger partial charge in [0, 0.05) is 77.6 Å². The lowest BCUT2D eigenvalue weighted by Gasteiger charge is -2.19. The SMILES string of the molecule is COc1cc(/C=C2\N=C3N(C)CC(c4ccc(F)cc4)N3C2=O)ccc1-n1cnc(C)c1.[B]B([B])B([B])B([B])[B]. The van der Waals surface area contributed by atoms with Crippen LogP contribution in [0.2, 0.25) is 0 Å². The largest absolute Gasteiger partial charge is 0.495 e. The molecule has 3 heterocycles. The second kappa shape index (κ2) is 12.4. The van der Waals surface area contributed by atoms with Gasteiger partial charge in [-0.1, -0.05) is 18.2 Å². The summed E-state index contributed by atoms with van der Waals surface area (Å²) in [6.07, 6.45) is 3.63. The molecule has 0 N–H and O–H groups in total. The smallest absolute Gasteiger partial charge is 0.279 e. The molecular formula is C24H22B8FN5O2. The Morgan fingerprint density at radius 2 is 1.75 bits per heavy atom. The van der Waals surface area contributed by atoms with E-state index in [0.717, 1.165) is 22.5 Å². The minimum atomic E-state index is -0.630. The molecule has 3 aromatic rings. The topological polar surface area (TPSA) is 63.0 Å². The van der Waals surface area contributed by atoms with Gasteiger partial charge >= 0.3 is 0 Å². The van der Waals surface area contributed by atoms with Crippen LogP contribution in [0.25, 0.3) is 11.8 Å². The number of hydrogen-bond acceptors (Lipinski definition) is 5. The number of carbonyl (C=O) groups excluding carboxylic acids is 1. The second-order valence-electron chi connectivity index (χ2n) is 9.65. The van der Waals surface area contributed by atoms with E-state index in [9.17, 15) is 9.18 Å². The lowest BCUT2D eigenvalue weighted by Crippen LogP contribution is -2.52. The Bertz CT molecular complexity index is 1420. The molecule has 2 aliphatic heterocycles. The van der Waals surface area contributed by atoms with Gasteiger partial charge in [0.2, 0.25) is 5.96 Å².